The van der Waals surface area contributed by atoms with Crippen molar-refractivity contribution in [2.45, 2.75) is 39.0 Å². The van der Waals surface area contributed by atoms with Gasteiger partial charge in [-0.3, -0.25) is 10.5 Å². The summed E-state index contributed by atoms with van der Waals surface area (Å²) in [5.74, 6) is 0.580. The zero-order chi connectivity index (χ0) is 19.0. The van der Waals surface area contributed by atoms with Crippen LogP contribution in [0.15, 0.2) is 60.7 Å². The fourth-order valence-electron chi connectivity index (χ4n) is 2.67. The molecule has 0 aliphatic rings. The number of aliphatic hydroxyl groups excluding tert-OH is 1. The second-order valence-electron chi connectivity index (χ2n) is 7.27. The first-order valence-electron chi connectivity index (χ1n) is 8.82. The van der Waals surface area contributed by atoms with Crippen molar-refractivity contribution in [1.82, 2.24) is 5.32 Å². The lowest BCUT2D eigenvalue weighted by Crippen LogP contribution is -2.44. The molecule has 2 aromatic rings. The number of rotatable bonds is 9. The quantitative estimate of drug-likeness (QED) is 0.603. The molecule has 5 heteroatoms. The van der Waals surface area contributed by atoms with E-state index in [-0.39, 0.29) is 11.3 Å². The van der Waals surface area contributed by atoms with E-state index in [1.165, 1.54) is 0 Å². The van der Waals surface area contributed by atoms with Crippen LogP contribution in [0.3, 0.4) is 0 Å². The van der Waals surface area contributed by atoms with Gasteiger partial charge >= 0.3 is 0 Å². The number of carbonyl (C=O) groups is 1. The van der Waals surface area contributed by atoms with Gasteiger partial charge in [0.2, 0.25) is 5.91 Å². The molecule has 0 fully saturated rings. The summed E-state index contributed by atoms with van der Waals surface area (Å²) in [6.07, 6.45) is -0.907. The smallest absolute Gasteiger partial charge is 0.224 e. The first kappa shape index (κ1) is 19.9. The lowest BCUT2D eigenvalue weighted by molar-refractivity contribution is -0.121. The number of hydrogen-bond donors (Lipinski definition) is 3. The minimum absolute atomic E-state index is 0.0383. The molecule has 1 amide bonds. The molecule has 0 bridgehead atoms. The van der Waals surface area contributed by atoms with E-state index in [9.17, 15) is 9.90 Å². The van der Waals surface area contributed by atoms with Crippen molar-refractivity contribution >= 4 is 5.91 Å². The van der Waals surface area contributed by atoms with Gasteiger partial charge in [0.15, 0.2) is 6.23 Å². The van der Waals surface area contributed by atoms with Crippen molar-refractivity contribution in [3.05, 3.63) is 66.2 Å². The maximum absolute atomic E-state index is 12.1. The Kier molecular flexibility index (Phi) is 7.18. The standard InChI is InChI=1S/C21H28N2O3/c1-21(2,15-23-19(25)13-16-9-5-3-6-10-16)14-18(24)20(22)26-17-11-7-4-8-12-17/h3-12,18,20,24H,13-15,22H2,1-2H3,(H,23,25). The molecular weight excluding hydrogens is 328 g/mol. The Morgan fingerprint density at radius 3 is 2.31 bits per heavy atom. The van der Waals surface area contributed by atoms with E-state index in [4.69, 9.17) is 10.5 Å². The Bertz CT molecular complexity index is 674. The Morgan fingerprint density at radius 1 is 1.12 bits per heavy atom. The minimum Gasteiger partial charge on any atom is -0.473 e. The van der Waals surface area contributed by atoms with Gasteiger partial charge in [-0.15, -0.1) is 0 Å². The molecule has 0 radical (unpaired) electrons. The van der Waals surface area contributed by atoms with Crippen LogP contribution >= 0.6 is 0 Å². The molecule has 0 saturated heterocycles. The van der Waals surface area contributed by atoms with Crippen molar-refractivity contribution < 1.29 is 14.6 Å². The van der Waals surface area contributed by atoms with Crippen LogP contribution in [-0.4, -0.2) is 29.9 Å². The lowest BCUT2D eigenvalue weighted by Gasteiger charge is -2.30. The zero-order valence-corrected chi connectivity index (χ0v) is 15.4. The van der Waals surface area contributed by atoms with E-state index in [0.29, 0.717) is 25.1 Å². The van der Waals surface area contributed by atoms with Crippen LogP contribution in [0.2, 0.25) is 0 Å². The average Bonchev–Trinajstić information content (AvgIpc) is 2.61. The lowest BCUT2D eigenvalue weighted by atomic mass is 9.86. The third-order valence-electron chi connectivity index (χ3n) is 4.13. The molecule has 2 atom stereocenters. The maximum atomic E-state index is 12.1. The molecule has 5 nitrogen and oxygen atoms in total. The highest BCUT2D eigenvalue weighted by Crippen LogP contribution is 2.23. The van der Waals surface area contributed by atoms with Crippen LogP contribution in [0.5, 0.6) is 5.75 Å². The Morgan fingerprint density at radius 2 is 1.69 bits per heavy atom. The van der Waals surface area contributed by atoms with E-state index in [2.05, 4.69) is 5.32 Å². The van der Waals surface area contributed by atoms with Gasteiger partial charge < -0.3 is 15.2 Å². The highest BCUT2D eigenvalue weighted by molar-refractivity contribution is 5.78. The van der Waals surface area contributed by atoms with Gasteiger partial charge in [-0.25, -0.2) is 0 Å². The monoisotopic (exact) mass is 356 g/mol. The summed E-state index contributed by atoms with van der Waals surface area (Å²) in [4.78, 5) is 12.1. The first-order valence-corrected chi connectivity index (χ1v) is 8.82. The van der Waals surface area contributed by atoms with Crippen LogP contribution in [0.4, 0.5) is 0 Å². The van der Waals surface area contributed by atoms with Gasteiger partial charge in [-0.1, -0.05) is 62.4 Å². The van der Waals surface area contributed by atoms with Gasteiger partial charge in [0, 0.05) is 6.54 Å². The van der Waals surface area contributed by atoms with Crippen molar-refractivity contribution in [2.75, 3.05) is 6.54 Å². The maximum Gasteiger partial charge on any atom is 0.224 e. The summed E-state index contributed by atoms with van der Waals surface area (Å²) in [6, 6.07) is 18.8. The second kappa shape index (κ2) is 9.36. The first-order chi connectivity index (χ1) is 12.4. The molecule has 0 saturated carbocycles. The molecule has 0 aromatic heterocycles. The normalized spacial score (nSPS) is 13.7. The van der Waals surface area contributed by atoms with Gasteiger partial charge in [-0.05, 0) is 29.5 Å². The van der Waals surface area contributed by atoms with E-state index < -0.39 is 12.3 Å². The van der Waals surface area contributed by atoms with E-state index in [1.54, 1.807) is 12.1 Å². The Hall–Kier alpha value is -2.37. The average molecular weight is 356 g/mol. The molecule has 26 heavy (non-hydrogen) atoms. The molecule has 2 aromatic carbocycles. The van der Waals surface area contributed by atoms with Crippen LogP contribution in [0.1, 0.15) is 25.8 Å². The summed E-state index contributed by atoms with van der Waals surface area (Å²) < 4.78 is 5.57. The second-order valence-corrected chi connectivity index (χ2v) is 7.27. The van der Waals surface area contributed by atoms with Crippen LogP contribution in [0.25, 0.3) is 0 Å². The van der Waals surface area contributed by atoms with Crippen molar-refractivity contribution in [3.8, 4) is 5.75 Å². The highest BCUT2D eigenvalue weighted by Gasteiger charge is 2.27. The fourth-order valence-corrected chi connectivity index (χ4v) is 2.67. The Labute approximate surface area is 155 Å². The SMILES string of the molecule is CC(C)(CNC(=O)Cc1ccccc1)CC(O)C(N)Oc1ccccc1. The molecule has 2 unspecified atom stereocenters. The van der Waals surface area contributed by atoms with Crippen LogP contribution in [0, 0.1) is 5.41 Å². The van der Waals surface area contributed by atoms with Crippen molar-refractivity contribution in [3.63, 3.8) is 0 Å². The van der Waals surface area contributed by atoms with Crippen LogP contribution < -0.4 is 15.8 Å². The molecule has 0 aliphatic heterocycles. The zero-order valence-electron chi connectivity index (χ0n) is 15.4. The number of nitrogens with two attached hydrogens (primary N) is 1. The Balaban J connectivity index is 1.78. The predicted molar refractivity (Wildman–Crippen MR) is 103 cm³/mol. The van der Waals surface area contributed by atoms with Gasteiger partial charge in [0.1, 0.15) is 11.9 Å². The molecular formula is C21H28N2O3. The summed E-state index contributed by atoms with van der Waals surface area (Å²) >= 11 is 0. The third kappa shape index (κ3) is 6.86. The largest absolute Gasteiger partial charge is 0.473 e. The number of nitrogens with one attached hydrogen (secondary N) is 1. The minimum atomic E-state index is -0.837. The number of benzene rings is 2. The van der Waals surface area contributed by atoms with Crippen molar-refractivity contribution in [2.24, 2.45) is 11.1 Å². The number of hydrogen-bond acceptors (Lipinski definition) is 4. The molecule has 2 rings (SSSR count). The third-order valence-corrected chi connectivity index (χ3v) is 4.13. The molecule has 0 heterocycles. The highest BCUT2D eigenvalue weighted by atomic mass is 16.5. The van der Waals surface area contributed by atoms with Gasteiger partial charge in [0.05, 0.1) is 6.42 Å². The number of carbonyl (C=O) groups excluding carboxylic acids is 1. The molecule has 140 valence electrons. The molecule has 0 spiro atoms. The molecule has 4 N–H and O–H groups in total. The number of amides is 1. The van der Waals surface area contributed by atoms with Gasteiger partial charge in [-0.2, -0.15) is 0 Å². The number of aliphatic hydroxyl groups is 1. The van der Waals surface area contributed by atoms with E-state index in [0.717, 1.165) is 5.56 Å². The molecule has 0 aliphatic carbocycles. The summed E-state index contributed by atoms with van der Waals surface area (Å²) in [5, 5.41) is 13.3. The topological polar surface area (TPSA) is 84.6 Å². The van der Waals surface area contributed by atoms with Crippen LogP contribution in [-0.2, 0) is 11.2 Å². The predicted octanol–water partition coefficient (Wildman–Crippen LogP) is 2.49. The fraction of sp³-hybridized carbons (Fsp3) is 0.381. The van der Waals surface area contributed by atoms with Gasteiger partial charge in [0.25, 0.3) is 0 Å². The number of para-hydroxylation sites is 1. The van der Waals surface area contributed by atoms with E-state index in [1.807, 2.05) is 62.4 Å². The number of ether oxygens (including phenoxy) is 1. The van der Waals surface area contributed by atoms with E-state index >= 15 is 0 Å². The van der Waals surface area contributed by atoms with Crippen molar-refractivity contribution in [1.29, 1.82) is 0 Å². The summed E-state index contributed by atoms with van der Waals surface area (Å²) in [5.41, 5.74) is 6.61. The summed E-state index contributed by atoms with van der Waals surface area (Å²) in [7, 11) is 0. The summed E-state index contributed by atoms with van der Waals surface area (Å²) in [6.45, 7) is 4.41.